The van der Waals surface area contributed by atoms with Crippen LogP contribution in [0.3, 0.4) is 0 Å². The second-order valence-corrected chi connectivity index (χ2v) is 4.73. The Bertz CT molecular complexity index is 476. The Morgan fingerprint density at radius 2 is 1.94 bits per heavy atom. The SMILES string of the molecule is CC1=C2C[C@@H](c3cc(F)cc(F)c3)CN2CN1. The van der Waals surface area contributed by atoms with Gasteiger partial charge in [0.2, 0.25) is 0 Å². The average molecular weight is 236 g/mol. The molecule has 1 atom stereocenters. The predicted octanol–water partition coefficient (Wildman–Crippen LogP) is 2.55. The molecule has 2 nitrogen and oxygen atoms in total. The summed E-state index contributed by atoms with van der Waals surface area (Å²) in [7, 11) is 0. The molecule has 0 saturated carbocycles. The summed E-state index contributed by atoms with van der Waals surface area (Å²) in [6.07, 6.45) is 0.863. The van der Waals surface area contributed by atoms with Crippen LogP contribution in [0.15, 0.2) is 29.6 Å². The number of rotatable bonds is 1. The van der Waals surface area contributed by atoms with Crippen LogP contribution in [0.1, 0.15) is 24.8 Å². The van der Waals surface area contributed by atoms with E-state index < -0.39 is 11.6 Å². The highest BCUT2D eigenvalue weighted by atomic mass is 19.1. The minimum absolute atomic E-state index is 0.201. The number of hydrogen-bond donors (Lipinski definition) is 1. The van der Waals surface area contributed by atoms with Crippen molar-refractivity contribution >= 4 is 0 Å². The summed E-state index contributed by atoms with van der Waals surface area (Å²) in [6, 6.07) is 3.81. The summed E-state index contributed by atoms with van der Waals surface area (Å²) in [6.45, 7) is 3.70. The molecule has 3 rings (SSSR count). The van der Waals surface area contributed by atoms with Gasteiger partial charge in [0.25, 0.3) is 0 Å². The molecule has 17 heavy (non-hydrogen) atoms. The molecule has 0 radical (unpaired) electrons. The third-order valence-electron chi connectivity index (χ3n) is 3.59. The standard InChI is InChI=1S/C13H14F2N2/c1-8-13-4-10(6-17(13)7-16-8)9-2-11(14)5-12(15)3-9/h2-3,5,10,16H,4,6-7H2,1H3/t10-/m1/s1. The number of fused-ring (bicyclic) bond motifs is 1. The van der Waals surface area contributed by atoms with Crippen molar-refractivity contribution < 1.29 is 8.78 Å². The molecule has 0 amide bonds. The van der Waals surface area contributed by atoms with Crippen LogP contribution < -0.4 is 5.32 Å². The molecule has 0 aliphatic carbocycles. The van der Waals surface area contributed by atoms with Gasteiger partial charge in [-0.2, -0.15) is 0 Å². The summed E-state index contributed by atoms with van der Waals surface area (Å²) < 4.78 is 26.3. The molecule has 0 bridgehead atoms. The fraction of sp³-hybridized carbons (Fsp3) is 0.385. The fourth-order valence-corrected chi connectivity index (χ4v) is 2.70. The number of hydrogen-bond acceptors (Lipinski definition) is 2. The summed E-state index contributed by atoms with van der Waals surface area (Å²) in [4.78, 5) is 2.24. The molecule has 1 fully saturated rings. The Morgan fingerprint density at radius 1 is 1.24 bits per heavy atom. The van der Waals surface area contributed by atoms with E-state index in [2.05, 4.69) is 10.2 Å². The molecule has 2 aliphatic heterocycles. The first-order chi connectivity index (χ1) is 8.13. The zero-order chi connectivity index (χ0) is 12.0. The van der Waals surface area contributed by atoms with Crippen molar-refractivity contribution in [2.75, 3.05) is 13.2 Å². The molecular weight excluding hydrogens is 222 g/mol. The minimum Gasteiger partial charge on any atom is -0.370 e. The predicted molar refractivity (Wildman–Crippen MR) is 61.1 cm³/mol. The zero-order valence-corrected chi connectivity index (χ0v) is 9.63. The van der Waals surface area contributed by atoms with Gasteiger partial charge in [0, 0.05) is 29.9 Å². The summed E-state index contributed by atoms with van der Waals surface area (Å²) in [5, 5.41) is 3.27. The highest BCUT2D eigenvalue weighted by molar-refractivity contribution is 5.30. The zero-order valence-electron chi connectivity index (χ0n) is 9.63. The van der Waals surface area contributed by atoms with Crippen molar-refractivity contribution in [1.82, 2.24) is 10.2 Å². The van der Waals surface area contributed by atoms with Crippen LogP contribution in [0.25, 0.3) is 0 Å². The van der Waals surface area contributed by atoms with Crippen molar-refractivity contribution in [1.29, 1.82) is 0 Å². The third kappa shape index (κ3) is 1.77. The molecule has 1 aromatic carbocycles. The lowest BCUT2D eigenvalue weighted by Crippen LogP contribution is -2.22. The van der Waals surface area contributed by atoms with Crippen molar-refractivity contribution in [2.24, 2.45) is 0 Å². The van der Waals surface area contributed by atoms with E-state index in [9.17, 15) is 8.78 Å². The van der Waals surface area contributed by atoms with Gasteiger partial charge in [-0.05, 0) is 31.0 Å². The number of nitrogens with one attached hydrogen (secondary N) is 1. The molecule has 0 aromatic heterocycles. The number of nitrogens with zero attached hydrogens (tertiary/aromatic N) is 1. The highest BCUT2D eigenvalue weighted by Gasteiger charge is 2.32. The van der Waals surface area contributed by atoms with Gasteiger partial charge in [0.05, 0.1) is 6.67 Å². The highest BCUT2D eigenvalue weighted by Crippen LogP contribution is 2.37. The van der Waals surface area contributed by atoms with Gasteiger partial charge >= 0.3 is 0 Å². The van der Waals surface area contributed by atoms with Crippen molar-refractivity contribution in [3.63, 3.8) is 0 Å². The molecule has 0 unspecified atom stereocenters. The first-order valence-corrected chi connectivity index (χ1v) is 5.78. The molecule has 1 saturated heterocycles. The Labute approximate surface area is 98.9 Å². The molecule has 2 aliphatic rings. The lowest BCUT2D eigenvalue weighted by Gasteiger charge is -2.14. The van der Waals surface area contributed by atoms with E-state index in [-0.39, 0.29) is 5.92 Å². The second kappa shape index (κ2) is 3.72. The first kappa shape index (κ1) is 10.6. The van der Waals surface area contributed by atoms with Crippen molar-refractivity contribution in [2.45, 2.75) is 19.3 Å². The number of allylic oxidation sites excluding steroid dienone is 2. The van der Waals surface area contributed by atoms with Gasteiger partial charge in [-0.25, -0.2) is 8.78 Å². The number of halogens is 2. The smallest absolute Gasteiger partial charge is 0.126 e. The molecule has 4 heteroatoms. The quantitative estimate of drug-likeness (QED) is 0.806. The monoisotopic (exact) mass is 236 g/mol. The molecule has 1 N–H and O–H groups in total. The minimum atomic E-state index is -0.490. The topological polar surface area (TPSA) is 15.3 Å². The van der Waals surface area contributed by atoms with E-state index in [0.717, 1.165) is 31.3 Å². The fourth-order valence-electron chi connectivity index (χ4n) is 2.70. The van der Waals surface area contributed by atoms with E-state index in [1.807, 2.05) is 6.92 Å². The normalized spacial score (nSPS) is 23.0. The van der Waals surface area contributed by atoms with Crippen molar-refractivity contribution in [3.8, 4) is 0 Å². The van der Waals surface area contributed by atoms with Crippen LogP contribution in [0.4, 0.5) is 8.78 Å². The van der Waals surface area contributed by atoms with Gasteiger partial charge in [-0.15, -0.1) is 0 Å². The van der Waals surface area contributed by atoms with Crippen LogP contribution >= 0.6 is 0 Å². The first-order valence-electron chi connectivity index (χ1n) is 5.78. The molecule has 2 heterocycles. The van der Waals surface area contributed by atoms with Gasteiger partial charge in [-0.3, -0.25) is 0 Å². The van der Waals surface area contributed by atoms with Crippen LogP contribution in [0.5, 0.6) is 0 Å². The maximum Gasteiger partial charge on any atom is 0.126 e. The van der Waals surface area contributed by atoms with Gasteiger partial charge in [0.1, 0.15) is 11.6 Å². The summed E-state index contributed by atoms with van der Waals surface area (Å²) >= 11 is 0. The maximum absolute atomic E-state index is 13.2. The lowest BCUT2D eigenvalue weighted by atomic mass is 9.97. The van der Waals surface area contributed by atoms with Gasteiger partial charge < -0.3 is 10.2 Å². The molecular formula is C13H14F2N2. The largest absolute Gasteiger partial charge is 0.370 e. The van der Waals surface area contributed by atoms with Crippen LogP contribution in [0.2, 0.25) is 0 Å². The summed E-state index contributed by atoms with van der Waals surface area (Å²) in [5.41, 5.74) is 3.22. The second-order valence-electron chi connectivity index (χ2n) is 4.73. The van der Waals surface area contributed by atoms with E-state index in [0.29, 0.717) is 0 Å². The number of benzene rings is 1. The third-order valence-corrected chi connectivity index (χ3v) is 3.59. The van der Waals surface area contributed by atoms with E-state index in [1.165, 1.54) is 23.5 Å². The van der Waals surface area contributed by atoms with Crippen LogP contribution in [0, 0.1) is 11.6 Å². The molecule has 0 spiro atoms. The average Bonchev–Trinajstić information content (AvgIpc) is 2.80. The van der Waals surface area contributed by atoms with E-state index >= 15 is 0 Å². The Balaban J connectivity index is 1.90. The Kier molecular flexibility index (Phi) is 2.31. The van der Waals surface area contributed by atoms with Crippen LogP contribution in [-0.4, -0.2) is 18.1 Å². The van der Waals surface area contributed by atoms with E-state index in [1.54, 1.807) is 0 Å². The maximum atomic E-state index is 13.2. The van der Waals surface area contributed by atoms with Crippen LogP contribution in [-0.2, 0) is 0 Å². The lowest BCUT2D eigenvalue weighted by molar-refractivity contribution is 0.399. The van der Waals surface area contributed by atoms with Gasteiger partial charge in [0.15, 0.2) is 0 Å². The van der Waals surface area contributed by atoms with E-state index in [4.69, 9.17) is 0 Å². The Hall–Kier alpha value is -1.58. The molecule has 1 aromatic rings. The summed E-state index contributed by atoms with van der Waals surface area (Å²) in [5.74, 6) is -0.779. The Morgan fingerprint density at radius 3 is 2.59 bits per heavy atom. The van der Waals surface area contributed by atoms with Gasteiger partial charge in [-0.1, -0.05) is 0 Å². The van der Waals surface area contributed by atoms with Crippen molar-refractivity contribution in [3.05, 3.63) is 46.8 Å². The molecule has 90 valence electrons.